The molecule has 2 aromatic heterocycles. The Morgan fingerprint density at radius 3 is 2.55 bits per heavy atom. The number of aromatic nitrogens is 3. The maximum absolute atomic E-state index is 12.6. The number of aromatic amines is 1. The Kier molecular flexibility index (Phi) is 8.05. The lowest BCUT2D eigenvalue weighted by molar-refractivity contribution is -0.137. The van der Waals surface area contributed by atoms with E-state index in [-0.39, 0.29) is 30.5 Å². The van der Waals surface area contributed by atoms with Crippen molar-refractivity contribution in [2.24, 2.45) is 4.99 Å². The number of benzene rings is 1. The van der Waals surface area contributed by atoms with Crippen LogP contribution < -0.4 is 10.6 Å². The molecule has 0 saturated heterocycles. The van der Waals surface area contributed by atoms with Crippen molar-refractivity contribution in [3.8, 4) is 11.6 Å². The minimum atomic E-state index is -4.34. The van der Waals surface area contributed by atoms with Gasteiger partial charge in [0.05, 0.1) is 24.9 Å². The van der Waals surface area contributed by atoms with E-state index < -0.39 is 11.7 Å². The monoisotopic (exact) mass is 520 g/mol. The SMILES string of the molecule is CCNC(=NCc1ccc(C(F)(F)F)cc1)NCc1nc(-c2ccco2)n[nH]1.I. The van der Waals surface area contributed by atoms with Gasteiger partial charge in [0.25, 0.3) is 0 Å². The molecule has 2 heterocycles. The predicted molar refractivity (Wildman–Crippen MR) is 113 cm³/mol. The summed E-state index contributed by atoms with van der Waals surface area (Å²) in [7, 11) is 0. The minimum absolute atomic E-state index is 0. The lowest BCUT2D eigenvalue weighted by atomic mass is 10.1. The molecule has 3 aromatic rings. The van der Waals surface area contributed by atoms with E-state index >= 15 is 0 Å². The first kappa shape index (κ1) is 22.7. The molecule has 7 nitrogen and oxygen atoms in total. The molecule has 0 unspecified atom stereocenters. The molecule has 3 N–H and O–H groups in total. The first-order chi connectivity index (χ1) is 13.5. The molecule has 0 aliphatic rings. The number of H-pyrrole nitrogens is 1. The van der Waals surface area contributed by atoms with Gasteiger partial charge < -0.3 is 15.1 Å². The predicted octanol–water partition coefficient (Wildman–Crippen LogP) is 3.96. The molecule has 0 spiro atoms. The molecule has 156 valence electrons. The number of rotatable bonds is 6. The number of halogens is 4. The normalized spacial score (nSPS) is 11.8. The number of guanidine groups is 1. The highest BCUT2D eigenvalue weighted by molar-refractivity contribution is 14.0. The Labute approximate surface area is 182 Å². The molecular formula is C18H20F3IN6O. The van der Waals surface area contributed by atoms with Crippen molar-refractivity contribution in [1.29, 1.82) is 0 Å². The van der Waals surface area contributed by atoms with Crippen molar-refractivity contribution < 1.29 is 17.6 Å². The molecule has 0 atom stereocenters. The summed E-state index contributed by atoms with van der Waals surface area (Å²) in [5.41, 5.74) is -0.00656. The van der Waals surface area contributed by atoms with Gasteiger partial charge in [-0.05, 0) is 36.8 Å². The van der Waals surface area contributed by atoms with Gasteiger partial charge in [0.2, 0.25) is 5.82 Å². The second kappa shape index (κ2) is 10.3. The summed E-state index contributed by atoms with van der Waals surface area (Å²) >= 11 is 0. The van der Waals surface area contributed by atoms with Gasteiger partial charge in [-0.15, -0.1) is 29.1 Å². The van der Waals surface area contributed by atoms with Crippen molar-refractivity contribution in [2.45, 2.75) is 26.2 Å². The van der Waals surface area contributed by atoms with E-state index in [9.17, 15) is 13.2 Å². The van der Waals surface area contributed by atoms with E-state index in [1.165, 1.54) is 12.1 Å². The fraction of sp³-hybridized carbons (Fsp3) is 0.278. The van der Waals surface area contributed by atoms with E-state index in [1.54, 1.807) is 18.4 Å². The minimum Gasteiger partial charge on any atom is -0.461 e. The van der Waals surface area contributed by atoms with Crippen LogP contribution in [0.5, 0.6) is 0 Å². The van der Waals surface area contributed by atoms with Crippen LogP contribution in [0, 0.1) is 0 Å². The van der Waals surface area contributed by atoms with Crippen LogP contribution in [0.3, 0.4) is 0 Å². The number of alkyl halides is 3. The zero-order chi connectivity index (χ0) is 20.0. The van der Waals surface area contributed by atoms with Crippen molar-refractivity contribution >= 4 is 29.9 Å². The summed E-state index contributed by atoms with van der Waals surface area (Å²) in [5.74, 6) is 2.11. The molecule has 0 saturated carbocycles. The van der Waals surface area contributed by atoms with Gasteiger partial charge in [0.15, 0.2) is 11.7 Å². The topological polar surface area (TPSA) is 91.1 Å². The zero-order valence-corrected chi connectivity index (χ0v) is 17.8. The van der Waals surface area contributed by atoms with E-state index in [0.717, 1.165) is 12.1 Å². The number of furan rings is 1. The summed E-state index contributed by atoms with van der Waals surface area (Å²) in [6, 6.07) is 8.45. The average molecular weight is 520 g/mol. The first-order valence-corrected chi connectivity index (χ1v) is 8.59. The lowest BCUT2D eigenvalue weighted by Gasteiger charge is -2.10. The van der Waals surface area contributed by atoms with Crippen LogP contribution in [0.15, 0.2) is 52.1 Å². The smallest absolute Gasteiger partial charge is 0.416 e. The number of hydrogen-bond acceptors (Lipinski definition) is 4. The Morgan fingerprint density at radius 1 is 1.17 bits per heavy atom. The Morgan fingerprint density at radius 2 is 1.93 bits per heavy atom. The molecule has 0 radical (unpaired) electrons. The summed E-state index contributed by atoms with van der Waals surface area (Å²) in [5, 5.41) is 13.1. The van der Waals surface area contributed by atoms with Crippen molar-refractivity contribution in [3.05, 3.63) is 59.6 Å². The fourth-order valence-corrected chi connectivity index (χ4v) is 2.37. The molecule has 0 amide bonds. The second-order valence-corrected chi connectivity index (χ2v) is 5.83. The molecule has 1 aromatic carbocycles. The third-order valence-corrected chi connectivity index (χ3v) is 3.74. The molecular weight excluding hydrogens is 500 g/mol. The molecule has 3 rings (SSSR count). The standard InChI is InChI=1S/C18H19F3N6O.HI/c1-2-22-17(23-10-12-5-7-13(8-6-12)18(19,20)21)24-11-15-25-16(27-26-15)14-4-3-9-28-14;/h3-9H,2,10-11H2,1H3,(H2,22,23,24)(H,25,26,27);1H. The highest BCUT2D eigenvalue weighted by Crippen LogP contribution is 2.29. The number of nitrogens with zero attached hydrogens (tertiary/aromatic N) is 3. The zero-order valence-electron chi connectivity index (χ0n) is 15.5. The molecule has 29 heavy (non-hydrogen) atoms. The third-order valence-electron chi connectivity index (χ3n) is 3.74. The van der Waals surface area contributed by atoms with Crippen LogP contribution in [0.25, 0.3) is 11.6 Å². The third kappa shape index (κ3) is 6.48. The largest absolute Gasteiger partial charge is 0.461 e. The molecule has 0 aliphatic carbocycles. The quantitative estimate of drug-likeness (QED) is 0.260. The van der Waals surface area contributed by atoms with Gasteiger partial charge in [-0.3, -0.25) is 5.10 Å². The van der Waals surface area contributed by atoms with Crippen LogP contribution >= 0.6 is 24.0 Å². The summed E-state index contributed by atoms with van der Waals surface area (Å²) < 4.78 is 43.1. The maximum atomic E-state index is 12.6. The number of nitrogens with one attached hydrogen (secondary N) is 3. The lowest BCUT2D eigenvalue weighted by Crippen LogP contribution is -2.37. The van der Waals surface area contributed by atoms with Gasteiger partial charge in [0.1, 0.15) is 5.82 Å². The highest BCUT2D eigenvalue weighted by Gasteiger charge is 2.29. The van der Waals surface area contributed by atoms with Crippen LogP contribution in [0.4, 0.5) is 13.2 Å². The fourth-order valence-electron chi connectivity index (χ4n) is 2.37. The maximum Gasteiger partial charge on any atom is 0.416 e. The molecule has 11 heteroatoms. The van der Waals surface area contributed by atoms with Crippen LogP contribution in [-0.2, 0) is 19.3 Å². The van der Waals surface area contributed by atoms with Gasteiger partial charge in [0, 0.05) is 6.54 Å². The highest BCUT2D eigenvalue weighted by atomic mass is 127. The molecule has 0 aliphatic heterocycles. The van der Waals surface area contributed by atoms with Crippen LogP contribution in [0.2, 0.25) is 0 Å². The van der Waals surface area contributed by atoms with Crippen molar-refractivity contribution in [3.63, 3.8) is 0 Å². The van der Waals surface area contributed by atoms with E-state index in [4.69, 9.17) is 4.42 Å². The van der Waals surface area contributed by atoms with Gasteiger partial charge >= 0.3 is 6.18 Å². The Bertz CT molecular complexity index is 907. The average Bonchev–Trinajstić information content (AvgIpc) is 3.35. The van der Waals surface area contributed by atoms with Crippen LogP contribution in [0.1, 0.15) is 23.9 Å². The van der Waals surface area contributed by atoms with Gasteiger partial charge in [-0.1, -0.05) is 12.1 Å². The summed E-state index contributed by atoms with van der Waals surface area (Å²) in [6.45, 7) is 3.12. The van der Waals surface area contributed by atoms with E-state index in [0.29, 0.717) is 42.0 Å². The summed E-state index contributed by atoms with van der Waals surface area (Å²) in [6.07, 6.45) is -2.80. The van der Waals surface area contributed by atoms with Crippen molar-refractivity contribution in [2.75, 3.05) is 6.54 Å². The number of hydrogen-bond donors (Lipinski definition) is 3. The van der Waals surface area contributed by atoms with E-state index in [2.05, 4.69) is 30.8 Å². The second-order valence-electron chi connectivity index (χ2n) is 5.83. The van der Waals surface area contributed by atoms with Crippen molar-refractivity contribution in [1.82, 2.24) is 25.8 Å². The number of aliphatic imine (C=N–C) groups is 1. The Hall–Kier alpha value is -2.57. The van der Waals surface area contributed by atoms with Gasteiger partial charge in [-0.25, -0.2) is 9.98 Å². The van der Waals surface area contributed by atoms with E-state index in [1.807, 2.05) is 6.92 Å². The van der Waals surface area contributed by atoms with Gasteiger partial charge in [-0.2, -0.15) is 13.2 Å². The van der Waals surface area contributed by atoms with Crippen LogP contribution in [-0.4, -0.2) is 27.7 Å². The molecule has 0 bridgehead atoms. The molecule has 0 fully saturated rings. The summed E-state index contributed by atoms with van der Waals surface area (Å²) in [4.78, 5) is 8.70. The first-order valence-electron chi connectivity index (χ1n) is 8.59. The Balaban J connectivity index is 0.00000300.